The van der Waals surface area contributed by atoms with Gasteiger partial charge in [-0.05, 0) is 5.56 Å². The summed E-state index contributed by atoms with van der Waals surface area (Å²) >= 11 is 0. The van der Waals surface area contributed by atoms with Crippen LogP contribution in [-0.4, -0.2) is 46.5 Å². The van der Waals surface area contributed by atoms with Gasteiger partial charge in [0.15, 0.2) is 0 Å². The lowest BCUT2D eigenvalue weighted by Crippen LogP contribution is -2.40. The molecule has 0 aromatic heterocycles. The van der Waals surface area contributed by atoms with E-state index in [1.54, 1.807) is 0 Å². The van der Waals surface area contributed by atoms with Gasteiger partial charge in [0.05, 0.1) is 6.61 Å². The van der Waals surface area contributed by atoms with Gasteiger partial charge in [0.1, 0.15) is 24.5 Å². The lowest BCUT2D eigenvalue weighted by molar-refractivity contribution is -0.0337. The molecule has 1 aliphatic heterocycles. The Morgan fingerprint density at radius 2 is 1.82 bits per heavy atom. The first-order valence-electron chi connectivity index (χ1n) is 5.62. The second kappa shape index (κ2) is 5.57. The van der Waals surface area contributed by atoms with Crippen molar-refractivity contribution in [1.82, 2.24) is 5.32 Å². The van der Waals surface area contributed by atoms with Crippen molar-refractivity contribution < 1.29 is 20.1 Å². The molecule has 17 heavy (non-hydrogen) atoms. The van der Waals surface area contributed by atoms with Crippen LogP contribution in [0.15, 0.2) is 30.3 Å². The van der Waals surface area contributed by atoms with E-state index in [1.165, 1.54) is 0 Å². The van der Waals surface area contributed by atoms with Crippen LogP contribution >= 0.6 is 0 Å². The molecule has 1 heterocycles. The highest BCUT2D eigenvalue weighted by Gasteiger charge is 2.41. The molecule has 94 valence electrons. The number of benzene rings is 1. The molecule has 5 nitrogen and oxygen atoms in total. The predicted octanol–water partition coefficient (Wildman–Crippen LogP) is -0.785. The first-order chi connectivity index (χ1) is 8.22. The minimum Gasteiger partial charge on any atom is -0.394 e. The minimum atomic E-state index is -1.05. The van der Waals surface area contributed by atoms with Crippen molar-refractivity contribution in [3.05, 3.63) is 35.9 Å². The van der Waals surface area contributed by atoms with Gasteiger partial charge in [-0.3, -0.25) is 5.32 Å². The zero-order chi connectivity index (χ0) is 12.3. The van der Waals surface area contributed by atoms with Crippen LogP contribution in [0.1, 0.15) is 5.56 Å². The fraction of sp³-hybridized carbons (Fsp3) is 0.500. The van der Waals surface area contributed by atoms with Crippen molar-refractivity contribution in [2.24, 2.45) is 0 Å². The van der Waals surface area contributed by atoms with Crippen LogP contribution in [0, 0.1) is 0 Å². The molecule has 0 radical (unpaired) electrons. The number of nitrogens with one attached hydrogen (secondary N) is 1. The van der Waals surface area contributed by atoms with Crippen LogP contribution in [-0.2, 0) is 11.3 Å². The Kier molecular flexibility index (Phi) is 4.09. The number of hydrogen-bond donors (Lipinski definition) is 4. The van der Waals surface area contributed by atoms with Crippen molar-refractivity contribution >= 4 is 0 Å². The normalized spacial score (nSPS) is 32.9. The maximum absolute atomic E-state index is 9.69. The van der Waals surface area contributed by atoms with Gasteiger partial charge >= 0.3 is 0 Å². The first kappa shape index (κ1) is 12.5. The zero-order valence-corrected chi connectivity index (χ0v) is 9.36. The van der Waals surface area contributed by atoms with E-state index in [4.69, 9.17) is 9.84 Å². The van der Waals surface area contributed by atoms with Crippen LogP contribution in [0.5, 0.6) is 0 Å². The molecular weight excluding hydrogens is 222 g/mol. The van der Waals surface area contributed by atoms with Gasteiger partial charge < -0.3 is 20.1 Å². The number of rotatable bonds is 4. The van der Waals surface area contributed by atoms with E-state index in [9.17, 15) is 10.2 Å². The Morgan fingerprint density at radius 3 is 2.41 bits per heavy atom. The zero-order valence-electron chi connectivity index (χ0n) is 9.36. The van der Waals surface area contributed by atoms with Gasteiger partial charge in [0, 0.05) is 6.54 Å². The molecule has 0 aliphatic carbocycles. The van der Waals surface area contributed by atoms with Crippen molar-refractivity contribution in [2.75, 3.05) is 6.61 Å². The summed E-state index contributed by atoms with van der Waals surface area (Å²) < 4.78 is 5.30. The van der Waals surface area contributed by atoms with Crippen LogP contribution in [0.4, 0.5) is 0 Å². The van der Waals surface area contributed by atoms with E-state index in [2.05, 4.69) is 5.32 Å². The Bertz CT molecular complexity index is 346. The molecule has 1 saturated heterocycles. The van der Waals surface area contributed by atoms with E-state index in [1.807, 2.05) is 30.3 Å². The van der Waals surface area contributed by atoms with Crippen LogP contribution in [0.25, 0.3) is 0 Å². The van der Waals surface area contributed by atoms with E-state index in [0.29, 0.717) is 6.54 Å². The van der Waals surface area contributed by atoms with Crippen molar-refractivity contribution in [3.8, 4) is 0 Å². The summed E-state index contributed by atoms with van der Waals surface area (Å²) in [7, 11) is 0. The molecule has 0 spiro atoms. The number of hydrogen-bond acceptors (Lipinski definition) is 5. The SMILES string of the molecule is OC[C@H]1OC(NCc2ccccc2)[C@H](O)[C@@H]1O. The molecule has 1 fully saturated rings. The maximum Gasteiger partial charge on any atom is 0.137 e. The summed E-state index contributed by atoms with van der Waals surface area (Å²) in [5.41, 5.74) is 1.06. The van der Waals surface area contributed by atoms with Gasteiger partial charge in [-0.15, -0.1) is 0 Å². The Labute approximate surface area is 99.7 Å². The van der Waals surface area contributed by atoms with Crippen molar-refractivity contribution in [2.45, 2.75) is 31.1 Å². The van der Waals surface area contributed by atoms with Gasteiger partial charge in [0.2, 0.25) is 0 Å². The van der Waals surface area contributed by atoms with Gasteiger partial charge in [-0.2, -0.15) is 0 Å². The molecule has 1 aromatic carbocycles. The third-order valence-corrected chi connectivity index (χ3v) is 2.89. The smallest absolute Gasteiger partial charge is 0.137 e. The Balaban J connectivity index is 1.88. The molecule has 5 heteroatoms. The third kappa shape index (κ3) is 2.83. The lowest BCUT2D eigenvalue weighted by atomic mass is 10.1. The molecular formula is C12H17NO4. The fourth-order valence-corrected chi connectivity index (χ4v) is 1.88. The van der Waals surface area contributed by atoms with Crippen molar-refractivity contribution in [3.63, 3.8) is 0 Å². The van der Waals surface area contributed by atoms with E-state index in [0.717, 1.165) is 5.56 Å². The van der Waals surface area contributed by atoms with Gasteiger partial charge in [-0.1, -0.05) is 30.3 Å². The monoisotopic (exact) mass is 239 g/mol. The number of ether oxygens (including phenoxy) is 1. The first-order valence-corrected chi connectivity index (χ1v) is 5.62. The molecule has 0 saturated carbocycles. The summed E-state index contributed by atoms with van der Waals surface area (Å²) in [6.07, 6.45) is -3.44. The molecule has 0 amide bonds. The molecule has 0 bridgehead atoms. The summed E-state index contributed by atoms with van der Waals surface area (Å²) in [6.45, 7) is 0.231. The predicted molar refractivity (Wildman–Crippen MR) is 61.0 cm³/mol. The molecule has 1 unspecified atom stereocenters. The van der Waals surface area contributed by atoms with E-state index in [-0.39, 0.29) is 6.61 Å². The lowest BCUT2D eigenvalue weighted by Gasteiger charge is -2.16. The highest BCUT2D eigenvalue weighted by Crippen LogP contribution is 2.19. The average Bonchev–Trinajstić information content (AvgIpc) is 2.65. The number of aliphatic hydroxyl groups excluding tert-OH is 3. The van der Waals surface area contributed by atoms with Crippen LogP contribution in [0.2, 0.25) is 0 Å². The third-order valence-electron chi connectivity index (χ3n) is 2.89. The minimum absolute atomic E-state index is 0.304. The van der Waals surface area contributed by atoms with E-state index < -0.39 is 24.5 Å². The van der Waals surface area contributed by atoms with Gasteiger partial charge in [0.25, 0.3) is 0 Å². The Hall–Kier alpha value is -0.980. The standard InChI is InChI=1S/C12H17NO4/c14-7-9-10(15)11(16)12(17-9)13-6-8-4-2-1-3-5-8/h1-5,9-16H,6-7H2/t9-,10-,11-,12?/m1/s1. The molecule has 1 aromatic rings. The summed E-state index contributed by atoms with van der Waals surface area (Å²) in [4.78, 5) is 0. The highest BCUT2D eigenvalue weighted by atomic mass is 16.6. The highest BCUT2D eigenvalue weighted by molar-refractivity contribution is 5.14. The van der Waals surface area contributed by atoms with Gasteiger partial charge in [-0.25, -0.2) is 0 Å². The molecule has 4 N–H and O–H groups in total. The Morgan fingerprint density at radius 1 is 1.12 bits per heavy atom. The fourth-order valence-electron chi connectivity index (χ4n) is 1.88. The van der Waals surface area contributed by atoms with Crippen molar-refractivity contribution in [1.29, 1.82) is 0 Å². The maximum atomic E-state index is 9.69. The van der Waals surface area contributed by atoms with E-state index >= 15 is 0 Å². The van der Waals surface area contributed by atoms with Crippen LogP contribution < -0.4 is 5.32 Å². The largest absolute Gasteiger partial charge is 0.394 e. The average molecular weight is 239 g/mol. The topological polar surface area (TPSA) is 82.0 Å². The second-order valence-electron chi connectivity index (χ2n) is 4.13. The molecule has 1 aliphatic rings. The summed E-state index contributed by atoms with van der Waals surface area (Å²) in [5.74, 6) is 0. The quantitative estimate of drug-likeness (QED) is 0.554. The summed E-state index contributed by atoms with van der Waals surface area (Å²) in [5, 5.41) is 31.2. The summed E-state index contributed by atoms with van der Waals surface area (Å²) in [6, 6.07) is 9.68. The second-order valence-corrected chi connectivity index (χ2v) is 4.13. The number of aliphatic hydroxyl groups is 3. The molecule has 2 rings (SSSR count). The molecule has 4 atom stereocenters. The van der Waals surface area contributed by atoms with Crippen LogP contribution in [0.3, 0.4) is 0 Å².